The Morgan fingerprint density at radius 2 is 2.04 bits per heavy atom. The van der Waals surface area contributed by atoms with Gasteiger partial charge in [-0.2, -0.15) is 5.10 Å². The van der Waals surface area contributed by atoms with Crippen molar-refractivity contribution in [3.63, 3.8) is 0 Å². The molecule has 0 saturated heterocycles. The Morgan fingerprint density at radius 3 is 2.75 bits per heavy atom. The number of rotatable bonds is 3. The number of carbonyl (C=O) groups excluding carboxylic acids is 1. The van der Waals surface area contributed by atoms with E-state index in [0.717, 1.165) is 40.5 Å². The standard InChI is InChI=1S/C18H19N5O/c1-3-13-19-10(2)16(20-13)12-9-14(24)21-18-15(12)17(22-23-18)11-7-5-4-6-8-11/h4-8,12H,3,9H2,1-2H3,(H,19,20)(H2,21,22,23,24). The molecule has 0 spiro atoms. The molecule has 6 heteroatoms. The molecule has 6 nitrogen and oxygen atoms in total. The fourth-order valence-corrected chi connectivity index (χ4v) is 3.36. The zero-order valence-electron chi connectivity index (χ0n) is 13.7. The zero-order chi connectivity index (χ0) is 16.7. The first-order chi connectivity index (χ1) is 11.7. The first-order valence-corrected chi connectivity index (χ1v) is 8.16. The maximum Gasteiger partial charge on any atom is 0.226 e. The summed E-state index contributed by atoms with van der Waals surface area (Å²) in [4.78, 5) is 20.2. The van der Waals surface area contributed by atoms with E-state index in [1.807, 2.05) is 37.3 Å². The Morgan fingerprint density at radius 1 is 1.25 bits per heavy atom. The number of aryl methyl sites for hydroxylation is 2. The molecule has 0 fully saturated rings. The van der Waals surface area contributed by atoms with Crippen LogP contribution in [-0.4, -0.2) is 26.1 Å². The number of imidazole rings is 1. The molecule has 2 aromatic heterocycles. The van der Waals surface area contributed by atoms with Crippen molar-refractivity contribution in [2.45, 2.75) is 32.6 Å². The monoisotopic (exact) mass is 321 g/mol. The summed E-state index contributed by atoms with van der Waals surface area (Å²) in [5, 5.41) is 10.3. The molecule has 0 bridgehead atoms. The van der Waals surface area contributed by atoms with Crippen molar-refractivity contribution < 1.29 is 4.79 Å². The van der Waals surface area contributed by atoms with Crippen LogP contribution in [0.1, 0.15) is 42.0 Å². The third-order valence-electron chi connectivity index (χ3n) is 4.50. The highest BCUT2D eigenvalue weighted by atomic mass is 16.1. The Bertz CT molecular complexity index is 894. The Labute approximate surface area is 139 Å². The molecule has 1 unspecified atom stereocenters. The highest BCUT2D eigenvalue weighted by Crippen LogP contribution is 2.41. The van der Waals surface area contributed by atoms with E-state index < -0.39 is 0 Å². The van der Waals surface area contributed by atoms with Crippen LogP contribution in [0.25, 0.3) is 11.3 Å². The molecular formula is C18H19N5O. The SMILES string of the molecule is CCc1nc(C2CC(=O)Nc3n[nH]c(-c4ccccc4)c32)c(C)[nH]1. The first-order valence-electron chi connectivity index (χ1n) is 8.16. The van der Waals surface area contributed by atoms with E-state index in [1.165, 1.54) is 0 Å². The maximum absolute atomic E-state index is 12.1. The molecule has 4 rings (SSSR count). The van der Waals surface area contributed by atoms with Crippen LogP contribution in [0.3, 0.4) is 0 Å². The molecule has 122 valence electrons. The number of H-pyrrole nitrogens is 2. The highest BCUT2D eigenvalue weighted by Gasteiger charge is 2.34. The molecular weight excluding hydrogens is 302 g/mol. The number of nitrogens with one attached hydrogen (secondary N) is 3. The Balaban J connectivity index is 1.88. The van der Waals surface area contributed by atoms with Crippen molar-refractivity contribution in [3.05, 3.63) is 53.1 Å². The second-order valence-electron chi connectivity index (χ2n) is 6.08. The predicted molar refractivity (Wildman–Crippen MR) is 91.8 cm³/mol. The minimum absolute atomic E-state index is 0.0286. The number of fused-ring (bicyclic) bond motifs is 1. The topological polar surface area (TPSA) is 86.5 Å². The van der Waals surface area contributed by atoms with Crippen LogP contribution in [0.15, 0.2) is 30.3 Å². The van der Waals surface area contributed by atoms with Gasteiger partial charge in [-0.3, -0.25) is 9.89 Å². The second kappa shape index (κ2) is 5.63. The quantitative estimate of drug-likeness (QED) is 0.692. The van der Waals surface area contributed by atoms with Crippen LogP contribution < -0.4 is 5.32 Å². The summed E-state index contributed by atoms with van der Waals surface area (Å²) in [5.74, 6) is 1.42. The molecule has 3 N–H and O–H groups in total. The predicted octanol–water partition coefficient (Wildman–Crippen LogP) is 3.14. The van der Waals surface area contributed by atoms with Crippen molar-refractivity contribution in [1.82, 2.24) is 20.2 Å². The minimum Gasteiger partial charge on any atom is -0.346 e. The van der Waals surface area contributed by atoms with Gasteiger partial charge in [0, 0.05) is 30.0 Å². The molecule has 1 aromatic carbocycles. The number of benzene rings is 1. The molecule has 24 heavy (non-hydrogen) atoms. The van der Waals surface area contributed by atoms with Crippen molar-refractivity contribution in [2.24, 2.45) is 0 Å². The minimum atomic E-state index is -0.0979. The van der Waals surface area contributed by atoms with E-state index in [4.69, 9.17) is 4.98 Å². The molecule has 3 aromatic rings. The Kier molecular flexibility index (Phi) is 3.45. The van der Waals surface area contributed by atoms with Gasteiger partial charge in [-0.25, -0.2) is 4.98 Å². The number of carbonyl (C=O) groups is 1. The van der Waals surface area contributed by atoms with Crippen molar-refractivity contribution in [3.8, 4) is 11.3 Å². The van der Waals surface area contributed by atoms with Crippen molar-refractivity contribution in [2.75, 3.05) is 5.32 Å². The van der Waals surface area contributed by atoms with E-state index in [0.29, 0.717) is 12.2 Å². The van der Waals surface area contributed by atoms with E-state index in [9.17, 15) is 4.79 Å². The average molecular weight is 321 g/mol. The van der Waals surface area contributed by atoms with Gasteiger partial charge < -0.3 is 10.3 Å². The lowest BCUT2D eigenvalue weighted by atomic mass is 9.87. The van der Waals surface area contributed by atoms with Gasteiger partial charge in [0.1, 0.15) is 5.82 Å². The van der Waals surface area contributed by atoms with E-state index in [1.54, 1.807) is 0 Å². The normalized spacial score (nSPS) is 16.8. The second-order valence-corrected chi connectivity index (χ2v) is 6.08. The van der Waals surface area contributed by atoms with Crippen LogP contribution in [0.2, 0.25) is 0 Å². The van der Waals surface area contributed by atoms with Crippen LogP contribution in [0.4, 0.5) is 5.82 Å². The van der Waals surface area contributed by atoms with Gasteiger partial charge in [0.2, 0.25) is 5.91 Å². The third kappa shape index (κ3) is 2.31. The van der Waals surface area contributed by atoms with Gasteiger partial charge in [0.25, 0.3) is 0 Å². The van der Waals surface area contributed by atoms with Gasteiger partial charge in [0.05, 0.1) is 11.4 Å². The molecule has 1 aliphatic rings. The largest absolute Gasteiger partial charge is 0.346 e. The molecule has 1 aliphatic heterocycles. The number of hydrogen-bond donors (Lipinski definition) is 3. The number of nitrogens with zero attached hydrogens (tertiary/aromatic N) is 2. The highest BCUT2D eigenvalue weighted by molar-refractivity contribution is 5.96. The van der Waals surface area contributed by atoms with Crippen LogP contribution in [0.5, 0.6) is 0 Å². The van der Waals surface area contributed by atoms with Crippen LogP contribution in [0, 0.1) is 6.92 Å². The van der Waals surface area contributed by atoms with Gasteiger partial charge in [-0.05, 0) is 12.5 Å². The summed E-state index contributed by atoms with van der Waals surface area (Å²) < 4.78 is 0. The van der Waals surface area contributed by atoms with Gasteiger partial charge in [0.15, 0.2) is 5.82 Å². The summed E-state index contributed by atoms with van der Waals surface area (Å²) in [6, 6.07) is 10.0. The molecule has 0 radical (unpaired) electrons. The first kappa shape index (κ1) is 14.7. The smallest absolute Gasteiger partial charge is 0.226 e. The third-order valence-corrected chi connectivity index (χ3v) is 4.50. The average Bonchev–Trinajstić information content (AvgIpc) is 3.18. The number of anilines is 1. The van der Waals surface area contributed by atoms with Crippen molar-refractivity contribution >= 4 is 11.7 Å². The summed E-state index contributed by atoms with van der Waals surface area (Å²) in [5.41, 5.74) is 4.95. The lowest BCUT2D eigenvalue weighted by molar-refractivity contribution is -0.116. The number of hydrogen-bond acceptors (Lipinski definition) is 3. The lowest BCUT2D eigenvalue weighted by Crippen LogP contribution is -2.24. The molecule has 0 saturated carbocycles. The fourth-order valence-electron chi connectivity index (χ4n) is 3.36. The van der Waals surface area contributed by atoms with Crippen LogP contribution >= 0.6 is 0 Å². The van der Waals surface area contributed by atoms with E-state index in [-0.39, 0.29) is 11.8 Å². The number of aromatic nitrogens is 4. The number of aromatic amines is 2. The zero-order valence-corrected chi connectivity index (χ0v) is 13.7. The van der Waals surface area contributed by atoms with E-state index in [2.05, 4.69) is 27.4 Å². The van der Waals surface area contributed by atoms with E-state index >= 15 is 0 Å². The summed E-state index contributed by atoms with van der Waals surface area (Å²) in [6.45, 7) is 4.07. The summed E-state index contributed by atoms with van der Waals surface area (Å²) in [7, 11) is 0. The van der Waals surface area contributed by atoms with Gasteiger partial charge in [-0.15, -0.1) is 0 Å². The van der Waals surface area contributed by atoms with Crippen molar-refractivity contribution in [1.29, 1.82) is 0 Å². The summed E-state index contributed by atoms with van der Waals surface area (Å²) >= 11 is 0. The van der Waals surface area contributed by atoms with Gasteiger partial charge in [-0.1, -0.05) is 37.3 Å². The maximum atomic E-state index is 12.1. The molecule has 1 atom stereocenters. The number of amides is 1. The van der Waals surface area contributed by atoms with Crippen LogP contribution in [-0.2, 0) is 11.2 Å². The Hall–Kier alpha value is -2.89. The summed E-state index contributed by atoms with van der Waals surface area (Å²) in [6.07, 6.45) is 1.21. The molecule has 1 amide bonds. The lowest BCUT2D eigenvalue weighted by Gasteiger charge is -2.22. The molecule has 0 aliphatic carbocycles. The molecule has 3 heterocycles. The fraction of sp³-hybridized carbons (Fsp3) is 0.278. The van der Waals surface area contributed by atoms with Gasteiger partial charge >= 0.3 is 0 Å².